The summed E-state index contributed by atoms with van der Waals surface area (Å²) in [4.78, 5) is 8.33. The predicted octanol–water partition coefficient (Wildman–Crippen LogP) is 2.00. The molecular formula is C12H11FN4OS. The highest BCUT2D eigenvalue weighted by atomic mass is 32.1. The van der Waals surface area contributed by atoms with E-state index >= 15 is 0 Å². The average molecular weight is 278 g/mol. The van der Waals surface area contributed by atoms with Crippen LogP contribution in [0.25, 0.3) is 0 Å². The molecule has 0 spiro atoms. The zero-order valence-corrected chi connectivity index (χ0v) is 10.9. The minimum Gasteiger partial charge on any atom is -0.494 e. The van der Waals surface area contributed by atoms with E-state index in [0.29, 0.717) is 23.1 Å². The third-order valence-electron chi connectivity index (χ3n) is 2.32. The van der Waals surface area contributed by atoms with Gasteiger partial charge in [-0.1, -0.05) is 12.2 Å². The number of thiocarbonyl (C=S) groups is 1. The molecule has 2 aromatic rings. The Morgan fingerprint density at radius 3 is 2.89 bits per heavy atom. The largest absolute Gasteiger partial charge is 0.494 e. The monoisotopic (exact) mass is 278 g/mol. The van der Waals surface area contributed by atoms with Crippen LogP contribution in [-0.2, 0) is 0 Å². The van der Waals surface area contributed by atoms with Crippen LogP contribution in [0.4, 0.5) is 16.0 Å². The molecule has 1 heterocycles. The lowest BCUT2D eigenvalue weighted by molar-refractivity contribution is 0.413. The number of benzene rings is 1. The molecule has 5 nitrogen and oxygen atoms in total. The second-order valence-corrected chi connectivity index (χ2v) is 4.04. The number of rotatable bonds is 4. The van der Waals surface area contributed by atoms with E-state index in [-0.39, 0.29) is 10.8 Å². The molecule has 0 aliphatic heterocycles. The Morgan fingerprint density at radius 2 is 2.21 bits per heavy atom. The molecule has 1 aromatic carbocycles. The Bertz CT molecular complexity index is 620. The molecule has 2 rings (SSSR count). The molecule has 0 fully saturated rings. The molecule has 3 N–H and O–H groups in total. The molecule has 0 radical (unpaired) electrons. The standard InChI is InChI=1S/C12H11FN4OS/c1-18-10-6-7(13)2-3-8(10)16-12-15-5-4-9(17-12)11(14)19/h2-6H,1H3,(H2,14,19)(H,15,16,17). The smallest absolute Gasteiger partial charge is 0.227 e. The number of nitrogens with two attached hydrogens (primary N) is 1. The second kappa shape index (κ2) is 5.57. The Morgan fingerprint density at radius 1 is 1.42 bits per heavy atom. The third-order valence-corrected chi connectivity index (χ3v) is 2.53. The first-order valence-corrected chi connectivity index (χ1v) is 5.74. The molecular weight excluding hydrogens is 267 g/mol. The van der Waals surface area contributed by atoms with Gasteiger partial charge in [-0.15, -0.1) is 0 Å². The van der Waals surface area contributed by atoms with E-state index in [2.05, 4.69) is 15.3 Å². The summed E-state index contributed by atoms with van der Waals surface area (Å²) in [5.74, 6) is 0.264. The quantitative estimate of drug-likeness (QED) is 0.833. The lowest BCUT2D eigenvalue weighted by Gasteiger charge is -2.10. The van der Waals surface area contributed by atoms with Gasteiger partial charge in [0.05, 0.1) is 12.8 Å². The lowest BCUT2D eigenvalue weighted by Crippen LogP contribution is -2.12. The number of hydrogen-bond donors (Lipinski definition) is 2. The van der Waals surface area contributed by atoms with Gasteiger partial charge in [-0.05, 0) is 18.2 Å². The number of nitrogens with zero attached hydrogens (tertiary/aromatic N) is 2. The second-order valence-electron chi connectivity index (χ2n) is 3.60. The highest BCUT2D eigenvalue weighted by Gasteiger charge is 2.07. The highest BCUT2D eigenvalue weighted by molar-refractivity contribution is 7.80. The van der Waals surface area contributed by atoms with E-state index in [1.165, 1.54) is 31.5 Å². The van der Waals surface area contributed by atoms with Crippen LogP contribution in [0.5, 0.6) is 5.75 Å². The Balaban J connectivity index is 2.30. The highest BCUT2D eigenvalue weighted by Crippen LogP contribution is 2.26. The number of anilines is 2. The SMILES string of the molecule is COc1cc(F)ccc1Nc1nccc(C(N)=S)n1. The van der Waals surface area contributed by atoms with Gasteiger partial charge in [0.25, 0.3) is 0 Å². The van der Waals surface area contributed by atoms with Gasteiger partial charge in [0.15, 0.2) is 0 Å². The number of aromatic nitrogens is 2. The van der Waals surface area contributed by atoms with Crippen molar-refractivity contribution < 1.29 is 9.13 Å². The van der Waals surface area contributed by atoms with Crippen molar-refractivity contribution in [2.24, 2.45) is 5.73 Å². The summed E-state index contributed by atoms with van der Waals surface area (Å²) >= 11 is 4.84. The number of hydrogen-bond acceptors (Lipinski definition) is 5. The van der Waals surface area contributed by atoms with Gasteiger partial charge in [-0.3, -0.25) is 0 Å². The summed E-state index contributed by atoms with van der Waals surface area (Å²) in [5.41, 5.74) is 6.49. The summed E-state index contributed by atoms with van der Waals surface area (Å²) in [6.45, 7) is 0. The maximum absolute atomic E-state index is 13.1. The summed E-state index contributed by atoms with van der Waals surface area (Å²) < 4.78 is 18.1. The van der Waals surface area contributed by atoms with Crippen molar-refractivity contribution in [1.29, 1.82) is 0 Å². The molecule has 0 aliphatic carbocycles. The van der Waals surface area contributed by atoms with Crippen LogP contribution in [0.2, 0.25) is 0 Å². The van der Waals surface area contributed by atoms with Gasteiger partial charge in [-0.25, -0.2) is 14.4 Å². The van der Waals surface area contributed by atoms with Gasteiger partial charge in [0, 0.05) is 12.3 Å². The maximum atomic E-state index is 13.1. The van der Waals surface area contributed by atoms with Crippen molar-refractivity contribution >= 4 is 28.8 Å². The number of halogens is 1. The molecule has 98 valence electrons. The fraction of sp³-hybridized carbons (Fsp3) is 0.0833. The summed E-state index contributed by atoms with van der Waals surface area (Å²) in [6.07, 6.45) is 1.53. The van der Waals surface area contributed by atoms with Crippen LogP contribution in [0.15, 0.2) is 30.5 Å². The minimum atomic E-state index is -0.389. The van der Waals surface area contributed by atoms with Crippen LogP contribution in [0.3, 0.4) is 0 Å². The van der Waals surface area contributed by atoms with Crippen molar-refractivity contribution in [1.82, 2.24) is 9.97 Å². The average Bonchev–Trinajstić information content (AvgIpc) is 2.41. The summed E-state index contributed by atoms with van der Waals surface area (Å²) in [7, 11) is 1.45. The zero-order valence-electron chi connectivity index (χ0n) is 10.1. The predicted molar refractivity (Wildman–Crippen MR) is 74.2 cm³/mol. The molecule has 0 saturated carbocycles. The van der Waals surface area contributed by atoms with Crippen LogP contribution in [0, 0.1) is 5.82 Å². The molecule has 1 aromatic heterocycles. The van der Waals surface area contributed by atoms with E-state index in [1.54, 1.807) is 6.07 Å². The Hall–Kier alpha value is -2.28. The van der Waals surface area contributed by atoms with Crippen molar-refractivity contribution in [2.75, 3.05) is 12.4 Å². The molecule has 0 amide bonds. The molecule has 0 atom stereocenters. The first-order chi connectivity index (χ1) is 9.10. The third kappa shape index (κ3) is 3.14. The van der Waals surface area contributed by atoms with E-state index < -0.39 is 0 Å². The fourth-order valence-corrected chi connectivity index (χ4v) is 1.56. The van der Waals surface area contributed by atoms with E-state index in [4.69, 9.17) is 22.7 Å². The number of methoxy groups -OCH3 is 1. The summed E-state index contributed by atoms with van der Waals surface area (Å²) in [5, 5.41) is 2.92. The Kier molecular flexibility index (Phi) is 3.86. The van der Waals surface area contributed by atoms with E-state index in [0.717, 1.165) is 0 Å². The molecule has 0 unspecified atom stereocenters. The van der Waals surface area contributed by atoms with Gasteiger partial charge < -0.3 is 15.8 Å². The lowest BCUT2D eigenvalue weighted by atomic mass is 10.3. The van der Waals surface area contributed by atoms with E-state index in [9.17, 15) is 4.39 Å². The number of nitrogens with one attached hydrogen (secondary N) is 1. The Labute approximate surface area is 114 Å². The molecule has 19 heavy (non-hydrogen) atoms. The number of ether oxygens (including phenoxy) is 1. The molecule has 0 aliphatic rings. The topological polar surface area (TPSA) is 73.1 Å². The van der Waals surface area contributed by atoms with Crippen LogP contribution < -0.4 is 15.8 Å². The molecule has 0 saturated heterocycles. The first-order valence-electron chi connectivity index (χ1n) is 5.33. The zero-order chi connectivity index (χ0) is 13.8. The maximum Gasteiger partial charge on any atom is 0.227 e. The fourth-order valence-electron chi connectivity index (χ4n) is 1.44. The first kappa shape index (κ1) is 13.2. The van der Waals surface area contributed by atoms with Crippen molar-refractivity contribution in [3.8, 4) is 5.75 Å². The normalized spacial score (nSPS) is 10.0. The van der Waals surface area contributed by atoms with Crippen LogP contribution in [-0.4, -0.2) is 22.1 Å². The van der Waals surface area contributed by atoms with Crippen LogP contribution >= 0.6 is 12.2 Å². The van der Waals surface area contributed by atoms with Gasteiger partial charge >= 0.3 is 0 Å². The molecule has 7 heteroatoms. The minimum absolute atomic E-state index is 0.177. The summed E-state index contributed by atoms with van der Waals surface area (Å²) in [6, 6.07) is 5.71. The van der Waals surface area contributed by atoms with Gasteiger partial charge in [-0.2, -0.15) is 0 Å². The van der Waals surface area contributed by atoms with Gasteiger partial charge in [0.2, 0.25) is 5.95 Å². The molecule has 0 bridgehead atoms. The van der Waals surface area contributed by atoms with Crippen molar-refractivity contribution in [3.05, 3.63) is 42.0 Å². The van der Waals surface area contributed by atoms with Crippen molar-refractivity contribution in [2.45, 2.75) is 0 Å². The van der Waals surface area contributed by atoms with Gasteiger partial charge in [0.1, 0.15) is 22.2 Å². The van der Waals surface area contributed by atoms with E-state index in [1.807, 2.05) is 0 Å². The van der Waals surface area contributed by atoms with Crippen LogP contribution in [0.1, 0.15) is 5.69 Å². The van der Waals surface area contributed by atoms with Crippen molar-refractivity contribution in [3.63, 3.8) is 0 Å².